The van der Waals surface area contributed by atoms with E-state index in [-0.39, 0.29) is 11.9 Å². The van der Waals surface area contributed by atoms with Gasteiger partial charge in [0.2, 0.25) is 5.91 Å². The average molecular weight is 345 g/mol. The summed E-state index contributed by atoms with van der Waals surface area (Å²) in [5, 5.41) is 2.83. The van der Waals surface area contributed by atoms with Gasteiger partial charge in [-0.2, -0.15) is 0 Å². The summed E-state index contributed by atoms with van der Waals surface area (Å²) in [4.78, 5) is 23.4. The van der Waals surface area contributed by atoms with Gasteiger partial charge in [0.1, 0.15) is 5.75 Å². The molecule has 0 spiro atoms. The highest BCUT2D eigenvalue weighted by atomic mass is 32.2. The third kappa shape index (κ3) is 5.31. The van der Waals surface area contributed by atoms with E-state index in [0.717, 1.165) is 17.0 Å². The summed E-state index contributed by atoms with van der Waals surface area (Å²) in [6.07, 6.45) is 0. The fraction of sp³-hybridized carbons (Fsp3) is 0.222. The van der Waals surface area contributed by atoms with Gasteiger partial charge in [-0.1, -0.05) is 12.1 Å². The molecule has 0 saturated carbocycles. The Bertz CT molecular complexity index is 700. The smallest absolute Gasteiger partial charge is 0.337 e. The number of benzene rings is 2. The van der Waals surface area contributed by atoms with Crippen molar-refractivity contribution in [2.24, 2.45) is 0 Å². The first-order valence-electron chi connectivity index (χ1n) is 7.31. The van der Waals surface area contributed by atoms with Crippen molar-refractivity contribution in [2.45, 2.75) is 5.75 Å². The third-order valence-electron chi connectivity index (χ3n) is 3.22. The fourth-order valence-electron chi connectivity index (χ4n) is 2.04. The van der Waals surface area contributed by atoms with Crippen LogP contribution in [0.2, 0.25) is 0 Å². The SMILES string of the molecule is COC(=O)c1cccc(CSCC(=O)Nc2ccc(OC)cc2)c1. The monoisotopic (exact) mass is 345 g/mol. The lowest BCUT2D eigenvalue weighted by Gasteiger charge is -2.07. The number of nitrogens with one attached hydrogen (secondary N) is 1. The quantitative estimate of drug-likeness (QED) is 0.780. The number of methoxy groups -OCH3 is 2. The predicted octanol–water partition coefficient (Wildman–Crippen LogP) is 3.35. The van der Waals surface area contributed by atoms with Gasteiger partial charge in [-0.3, -0.25) is 4.79 Å². The Morgan fingerprint density at radius 2 is 1.83 bits per heavy atom. The molecule has 0 unspecified atom stereocenters. The van der Waals surface area contributed by atoms with Gasteiger partial charge in [0, 0.05) is 11.4 Å². The van der Waals surface area contributed by atoms with E-state index in [1.807, 2.05) is 6.07 Å². The summed E-state index contributed by atoms with van der Waals surface area (Å²) in [7, 11) is 2.95. The predicted molar refractivity (Wildman–Crippen MR) is 95.6 cm³/mol. The molecule has 1 amide bonds. The van der Waals surface area contributed by atoms with Crippen molar-refractivity contribution in [3.05, 3.63) is 59.7 Å². The van der Waals surface area contributed by atoms with Crippen molar-refractivity contribution in [1.29, 1.82) is 0 Å². The van der Waals surface area contributed by atoms with Crippen molar-refractivity contribution in [2.75, 3.05) is 25.3 Å². The molecule has 5 nitrogen and oxygen atoms in total. The molecule has 0 aliphatic heterocycles. The van der Waals surface area contributed by atoms with Gasteiger partial charge in [-0.25, -0.2) is 4.79 Å². The Hall–Kier alpha value is -2.47. The molecule has 0 aromatic heterocycles. The summed E-state index contributed by atoms with van der Waals surface area (Å²) in [5.74, 6) is 1.27. The topological polar surface area (TPSA) is 64.6 Å². The zero-order valence-electron chi connectivity index (χ0n) is 13.6. The van der Waals surface area contributed by atoms with Crippen LogP contribution in [-0.2, 0) is 15.3 Å². The second kappa shape index (κ2) is 8.98. The zero-order chi connectivity index (χ0) is 17.4. The van der Waals surface area contributed by atoms with E-state index >= 15 is 0 Å². The van der Waals surface area contributed by atoms with Gasteiger partial charge < -0.3 is 14.8 Å². The molecule has 24 heavy (non-hydrogen) atoms. The van der Waals surface area contributed by atoms with E-state index in [1.165, 1.54) is 18.9 Å². The van der Waals surface area contributed by atoms with Gasteiger partial charge in [-0.15, -0.1) is 11.8 Å². The van der Waals surface area contributed by atoms with Crippen molar-refractivity contribution in [1.82, 2.24) is 0 Å². The van der Waals surface area contributed by atoms with E-state index in [4.69, 9.17) is 9.47 Å². The van der Waals surface area contributed by atoms with Crippen LogP contribution < -0.4 is 10.1 Å². The normalized spacial score (nSPS) is 10.1. The van der Waals surface area contributed by atoms with Crippen molar-refractivity contribution in [3.63, 3.8) is 0 Å². The van der Waals surface area contributed by atoms with Crippen LogP contribution in [0.25, 0.3) is 0 Å². The molecule has 0 aliphatic carbocycles. The van der Waals surface area contributed by atoms with Crippen molar-refractivity contribution < 1.29 is 19.1 Å². The third-order valence-corrected chi connectivity index (χ3v) is 4.23. The Balaban J connectivity index is 1.80. The molecule has 0 heterocycles. The van der Waals surface area contributed by atoms with E-state index in [2.05, 4.69) is 5.32 Å². The number of ether oxygens (including phenoxy) is 2. The van der Waals surface area contributed by atoms with Crippen LogP contribution in [0.3, 0.4) is 0 Å². The van der Waals surface area contributed by atoms with Crippen LogP contribution in [0, 0.1) is 0 Å². The zero-order valence-corrected chi connectivity index (χ0v) is 14.4. The highest BCUT2D eigenvalue weighted by Gasteiger charge is 2.07. The second-order valence-electron chi connectivity index (χ2n) is 4.96. The van der Waals surface area contributed by atoms with Crippen LogP contribution in [0.15, 0.2) is 48.5 Å². The molecule has 1 N–H and O–H groups in total. The molecule has 0 radical (unpaired) electrons. The number of carbonyl (C=O) groups excluding carboxylic acids is 2. The number of hydrogen-bond acceptors (Lipinski definition) is 5. The molecule has 2 aromatic carbocycles. The summed E-state index contributed by atoms with van der Waals surface area (Å²) >= 11 is 1.48. The summed E-state index contributed by atoms with van der Waals surface area (Å²) < 4.78 is 9.77. The molecule has 0 atom stereocenters. The highest BCUT2D eigenvalue weighted by Crippen LogP contribution is 2.17. The number of esters is 1. The number of thioether (sulfide) groups is 1. The van der Waals surface area contributed by atoms with Gasteiger partial charge in [0.15, 0.2) is 0 Å². The molecule has 6 heteroatoms. The summed E-state index contributed by atoms with van der Waals surface area (Å²) in [6, 6.07) is 14.4. The van der Waals surface area contributed by atoms with Crippen LogP contribution in [0.4, 0.5) is 5.69 Å². The Morgan fingerprint density at radius 1 is 1.08 bits per heavy atom. The second-order valence-corrected chi connectivity index (χ2v) is 5.95. The largest absolute Gasteiger partial charge is 0.497 e. The van der Waals surface area contributed by atoms with E-state index in [9.17, 15) is 9.59 Å². The number of rotatable bonds is 7. The average Bonchev–Trinajstić information content (AvgIpc) is 2.62. The first-order chi connectivity index (χ1) is 11.6. The Kier molecular flexibility index (Phi) is 6.69. The Labute approximate surface area is 145 Å². The maximum Gasteiger partial charge on any atom is 0.337 e. The molecular weight excluding hydrogens is 326 g/mol. The minimum absolute atomic E-state index is 0.0747. The number of amides is 1. The molecule has 0 saturated heterocycles. The van der Waals surface area contributed by atoms with Crippen LogP contribution in [0.5, 0.6) is 5.75 Å². The van der Waals surface area contributed by atoms with Gasteiger partial charge in [-0.05, 0) is 42.0 Å². The first-order valence-corrected chi connectivity index (χ1v) is 8.46. The highest BCUT2D eigenvalue weighted by molar-refractivity contribution is 7.99. The summed E-state index contributed by atoms with van der Waals surface area (Å²) in [5.41, 5.74) is 2.22. The van der Waals surface area contributed by atoms with E-state index in [1.54, 1.807) is 49.6 Å². The molecule has 0 aliphatic rings. The maximum atomic E-state index is 11.9. The molecule has 126 valence electrons. The van der Waals surface area contributed by atoms with Crippen molar-refractivity contribution >= 4 is 29.3 Å². The fourth-order valence-corrected chi connectivity index (χ4v) is 2.81. The summed E-state index contributed by atoms with van der Waals surface area (Å²) in [6.45, 7) is 0. The number of hydrogen-bond donors (Lipinski definition) is 1. The molecule has 2 aromatic rings. The molecule has 0 fully saturated rings. The standard InChI is InChI=1S/C18H19NO4S/c1-22-16-8-6-15(7-9-16)19-17(20)12-24-11-13-4-3-5-14(10-13)18(21)23-2/h3-10H,11-12H2,1-2H3,(H,19,20). The lowest BCUT2D eigenvalue weighted by Crippen LogP contribution is -2.14. The van der Waals surface area contributed by atoms with E-state index < -0.39 is 0 Å². The minimum atomic E-state index is -0.362. The Morgan fingerprint density at radius 3 is 2.50 bits per heavy atom. The van der Waals surface area contributed by atoms with Gasteiger partial charge >= 0.3 is 5.97 Å². The number of carbonyl (C=O) groups is 2. The molecular formula is C18H19NO4S. The lowest BCUT2D eigenvalue weighted by atomic mass is 10.1. The van der Waals surface area contributed by atoms with Crippen LogP contribution >= 0.6 is 11.8 Å². The minimum Gasteiger partial charge on any atom is -0.497 e. The van der Waals surface area contributed by atoms with Gasteiger partial charge in [0.05, 0.1) is 25.5 Å². The first kappa shape index (κ1) is 17.9. The van der Waals surface area contributed by atoms with Crippen molar-refractivity contribution in [3.8, 4) is 5.75 Å². The van der Waals surface area contributed by atoms with Crippen LogP contribution in [0.1, 0.15) is 15.9 Å². The van der Waals surface area contributed by atoms with Gasteiger partial charge in [0.25, 0.3) is 0 Å². The molecule has 2 rings (SSSR count). The van der Waals surface area contributed by atoms with Crippen LogP contribution in [-0.4, -0.2) is 31.8 Å². The van der Waals surface area contributed by atoms with E-state index in [0.29, 0.717) is 17.1 Å². The number of anilines is 1. The maximum absolute atomic E-state index is 11.9. The lowest BCUT2D eigenvalue weighted by molar-refractivity contribution is -0.113. The molecule has 0 bridgehead atoms.